The molecule has 0 heterocycles. The van der Waals surface area contributed by atoms with E-state index in [9.17, 15) is 19.0 Å². The van der Waals surface area contributed by atoms with Crippen LogP contribution < -0.4 is 10.2 Å². The highest BCUT2D eigenvalue weighted by molar-refractivity contribution is 7.45. The average molecular weight is 943 g/mol. The molecule has 0 aliphatic heterocycles. The quantitative estimate of drug-likeness (QED) is 0.0161. The molecule has 9 nitrogen and oxygen atoms in total. The van der Waals surface area contributed by atoms with Crippen molar-refractivity contribution in [2.24, 2.45) is 0 Å². The van der Waals surface area contributed by atoms with Crippen molar-refractivity contribution < 1.29 is 37.3 Å². The average Bonchev–Trinajstić information content (AvgIpc) is 3.27. The molecule has 380 valence electrons. The number of quaternary nitrogens is 1. The number of phosphoric acid groups is 1. The van der Waals surface area contributed by atoms with Gasteiger partial charge in [0.15, 0.2) is 0 Å². The van der Waals surface area contributed by atoms with Crippen molar-refractivity contribution in [1.82, 2.24) is 5.32 Å². The van der Waals surface area contributed by atoms with Crippen molar-refractivity contribution in [2.75, 3.05) is 40.9 Å². The van der Waals surface area contributed by atoms with Crippen LogP contribution in [0.4, 0.5) is 0 Å². The molecule has 1 N–H and O–H groups in total. The largest absolute Gasteiger partial charge is 0.756 e. The summed E-state index contributed by atoms with van der Waals surface area (Å²) >= 11 is 0. The van der Waals surface area contributed by atoms with Gasteiger partial charge in [-0.2, -0.15) is 0 Å². The van der Waals surface area contributed by atoms with Gasteiger partial charge in [-0.1, -0.05) is 196 Å². The molecule has 10 heteroatoms. The zero-order valence-electron chi connectivity index (χ0n) is 43.1. The number of carbonyl (C=O) groups excluding carboxylic acids is 2. The van der Waals surface area contributed by atoms with Gasteiger partial charge in [0.25, 0.3) is 7.82 Å². The van der Waals surface area contributed by atoms with Gasteiger partial charge in [-0.3, -0.25) is 14.2 Å². The number of unbranched alkanes of at least 4 members (excludes halogenated alkanes) is 20. The highest BCUT2D eigenvalue weighted by Crippen LogP contribution is 2.38. The summed E-state index contributed by atoms with van der Waals surface area (Å²) < 4.78 is 30.1. The molecule has 0 aliphatic carbocycles. The first-order chi connectivity index (χ1) is 31.9. The Bertz CT molecular complexity index is 1410. The predicted molar refractivity (Wildman–Crippen MR) is 279 cm³/mol. The summed E-state index contributed by atoms with van der Waals surface area (Å²) in [5.41, 5.74) is 0. The van der Waals surface area contributed by atoms with E-state index in [-0.39, 0.29) is 31.3 Å². The lowest BCUT2D eigenvalue weighted by molar-refractivity contribution is -0.870. The molecule has 66 heavy (non-hydrogen) atoms. The number of esters is 1. The number of allylic oxidation sites excluding steroid dienone is 13. The molecule has 0 aromatic rings. The zero-order chi connectivity index (χ0) is 48.7. The Hall–Kier alpha value is -2.81. The smallest absolute Gasteiger partial charge is 0.306 e. The number of nitrogens with one attached hydrogen (secondary N) is 1. The standard InChI is InChI=1S/C56H99N2O7P/c1-7-10-13-16-19-22-25-28-31-33-36-39-42-45-48-55(59)57-53(52-64-66(61,62)63-51-50-58(4,5)6)54(47-44-41-38-35-32-29-26-23-20-17-14-11-8-2)65-56(60)49-46-43-40-37-34-30-27-24-21-18-15-12-9-3/h10,12-13,15,18-19,21-22,24,27-28,31,44,47,53-54H,7-9,11,14,16-17,20,23,25-26,29-30,32-43,45-46,48-52H2,1-6H3,(H-,57,59,61,62)/b13-10+,15-12+,21-18+,22-19+,27-24-,31-28+,47-44+. The van der Waals surface area contributed by atoms with Crippen LogP contribution in [0.2, 0.25) is 0 Å². The highest BCUT2D eigenvalue weighted by Gasteiger charge is 2.27. The van der Waals surface area contributed by atoms with Crippen LogP contribution in [0.5, 0.6) is 0 Å². The van der Waals surface area contributed by atoms with Gasteiger partial charge in [0.2, 0.25) is 5.91 Å². The van der Waals surface area contributed by atoms with Gasteiger partial charge in [-0.25, -0.2) is 0 Å². The van der Waals surface area contributed by atoms with E-state index < -0.39 is 26.6 Å². The number of amides is 1. The number of rotatable bonds is 46. The van der Waals surface area contributed by atoms with E-state index in [0.717, 1.165) is 103 Å². The van der Waals surface area contributed by atoms with Crippen LogP contribution in [0.25, 0.3) is 0 Å². The number of nitrogens with zero attached hydrogens (tertiary/aromatic N) is 1. The van der Waals surface area contributed by atoms with E-state index in [1.807, 2.05) is 39.4 Å². The van der Waals surface area contributed by atoms with E-state index in [4.69, 9.17) is 13.8 Å². The second-order valence-electron chi connectivity index (χ2n) is 18.7. The molecule has 0 rings (SSSR count). The maximum absolute atomic E-state index is 13.4. The SMILES string of the molecule is CC/C=C/C=C/C=C\CCCCCCCC(=O)OC(/C=C/CCCCCCCCCCCCC)C(COP(=O)([O-])OCC[N+](C)(C)C)NC(=O)CCCCCC/C=C/C/C=C/C/C=C/CC. The van der Waals surface area contributed by atoms with Crippen molar-refractivity contribution in [3.05, 3.63) is 85.1 Å². The molecule has 0 fully saturated rings. The third-order valence-corrected chi connectivity index (χ3v) is 12.1. The highest BCUT2D eigenvalue weighted by atomic mass is 31.2. The molecular weight excluding hydrogens is 844 g/mol. The van der Waals surface area contributed by atoms with Crippen LogP contribution in [-0.2, 0) is 27.9 Å². The van der Waals surface area contributed by atoms with Crippen LogP contribution in [0, 0.1) is 0 Å². The van der Waals surface area contributed by atoms with Crippen molar-refractivity contribution in [3.8, 4) is 0 Å². The Balaban J connectivity index is 5.52. The van der Waals surface area contributed by atoms with E-state index in [0.29, 0.717) is 23.9 Å². The molecule has 1 amide bonds. The minimum atomic E-state index is -4.70. The van der Waals surface area contributed by atoms with Gasteiger partial charge in [-0.05, 0) is 83.1 Å². The summed E-state index contributed by atoms with van der Waals surface area (Å²) in [4.78, 5) is 39.7. The van der Waals surface area contributed by atoms with Crippen LogP contribution in [-0.4, -0.2) is 69.4 Å². The summed E-state index contributed by atoms with van der Waals surface area (Å²) in [6.07, 6.45) is 58.3. The van der Waals surface area contributed by atoms with E-state index >= 15 is 0 Å². The molecule has 0 spiro atoms. The van der Waals surface area contributed by atoms with Crippen LogP contribution in [0.3, 0.4) is 0 Å². The number of likely N-dealkylation sites (N-methyl/N-ethyl adjacent to an activating group) is 1. The lowest BCUT2D eigenvalue weighted by Gasteiger charge is -2.30. The van der Waals surface area contributed by atoms with Gasteiger partial charge in [0.1, 0.15) is 19.3 Å². The van der Waals surface area contributed by atoms with Gasteiger partial charge >= 0.3 is 5.97 Å². The van der Waals surface area contributed by atoms with Crippen molar-refractivity contribution in [3.63, 3.8) is 0 Å². The summed E-state index contributed by atoms with van der Waals surface area (Å²) in [6, 6.07) is -0.910. The molecule has 0 aliphatic rings. The van der Waals surface area contributed by atoms with Gasteiger partial charge < -0.3 is 28.5 Å². The number of ether oxygens (including phenoxy) is 1. The van der Waals surface area contributed by atoms with Gasteiger partial charge in [-0.15, -0.1) is 0 Å². The van der Waals surface area contributed by atoms with Crippen LogP contribution in [0.1, 0.15) is 207 Å². The molecule has 0 aromatic heterocycles. The Morgan fingerprint density at radius 2 is 1.05 bits per heavy atom. The lowest BCUT2D eigenvalue weighted by Crippen LogP contribution is -2.47. The lowest BCUT2D eigenvalue weighted by atomic mass is 10.0. The third kappa shape index (κ3) is 46.3. The van der Waals surface area contributed by atoms with Crippen LogP contribution >= 0.6 is 7.82 Å². The normalized spacial score (nSPS) is 14.6. The maximum Gasteiger partial charge on any atom is 0.306 e. The van der Waals surface area contributed by atoms with Gasteiger partial charge in [0, 0.05) is 12.8 Å². The second kappa shape index (κ2) is 45.9. The summed E-state index contributed by atoms with van der Waals surface area (Å²) in [5.74, 6) is -0.598. The first-order valence-electron chi connectivity index (χ1n) is 26.4. The number of carbonyl (C=O) groups is 2. The molecule has 0 bridgehead atoms. The minimum Gasteiger partial charge on any atom is -0.756 e. The van der Waals surface area contributed by atoms with E-state index in [2.05, 4.69) is 92.9 Å². The zero-order valence-corrected chi connectivity index (χ0v) is 44.0. The number of phosphoric ester groups is 1. The Labute approximate surface area is 406 Å². The summed E-state index contributed by atoms with van der Waals surface area (Å²) in [5, 5.41) is 2.99. The molecular formula is C56H99N2O7P. The molecule has 3 atom stereocenters. The van der Waals surface area contributed by atoms with E-state index in [1.54, 1.807) is 0 Å². The summed E-state index contributed by atoms with van der Waals surface area (Å²) in [7, 11) is 1.14. The summed E-state index contributed by atoms with van der Waals surface area (Å²) in [6.45, 7) is 6.54. The number of hydrogen-bond acceptors (Lipinski definition) is 7. The molecule has 0 saturated heterocycles. The van der Waals surface area contributed by atoms with Crippen LogP contribution in [0.15, 0.2) is 85.1 Å². The first kappa shape index (κ1) is 63.2. The molecule has 0 radical (unpaired) electrons. The fraction of sp³-hybridized carbons (Fsp3) is 0.714. The topological polar surface area (TPSA) is 114 Å². The molecule has 3 unspecified atom stereocenters. The molecule has 0 aromatic carbocycles. The van der Waals surface area contributed by atoms with Crippen molar-refractivity contribution >= 4 is 19.7 Å². The van der Waals surface area contributed by atoms with Crippen molar-refractivity contribution in [2.45, 2.75) is 219 Å². The Kier molecular flexibility index (Phi) is 44.0. The monoisotopic (exact) mass is 943 g/mol. The van der Waals surface area contributed by atoms with Gasteiger partial charge in [0.05, 0.1) is 33.8 Å². The third-order valence-electron chi connectivity index (χ3n) is 11.1. The number of hydrogen-bond donors (Lipinski definition) is 1. The maximum atomic E-state index is 13.4. The van der Waals surface area contributed by atoms with Crippen molar-refractivity contribution in [1.29, 1.82) is 0 Å². The fourth-order valence-electron chi connectivity index (χ4n) is 7.06. The minimum absolute atomic E-state index is 0.0344. The Morgan fingerprint density at radius 1 is 0.561 bits per heavy atom. The van der Waals surface area contributed by atoms with E-state index in [1.165, 1.54) is 57.8 Å². The Morgan fingerprint density at radius 3 is 1.62 bits per heavy atom. The second-order valence-corrected chi connectivity index (χ2v) is 20.1. The molecule has 0 saturated carbocycles. The fourth-order valence-corrected chi connectivity index (χ4v) is 7.79. The first-order valence-corrected chi connectivity index (χ1v) is 27.9. The predicted octanol–water partition coefficient (Wildman–Crippen LogP) is 14.9.